The molecule has 1 fully saturated rings. The van der Waals surface area contributed by atoms with Crippen molar-refractivity contribution in [1.82, 2.24) is 5.32 Å². The second-order valence-electron chi connectivity index (χ2n) is 5.19. The normalized spacial score (nSPS) is 17.3. The van der Waals surface area contributed by atoms with E-state index in [4.69, 9.17) is 4.74 Å². The SMILES string of the molecule is CO[C@@H](CNC(=O)CSC1CCCC1)c1ccc(C)s1. The van der Waals surface area contributed by atoms with Gasteiger partial charge in [-0.1, -0.05) is 12.8 Å². The monoisotopic (exact) mass is 313 g/mol. The van der Waals surface area contributed by atoms with Gasteiger partial charge in [0.05, 0.1) is 5.75 Å². The highest BCUT2D eigenvalue weighted by Crippen LogP contribution is 2.29. The van der Waals surface area contributed by atoms with Gasteiger partial charge in [0.25, 0.3) is 0 Å². The predicted molar refractivity (Wildman–Crippen MR) is 86.5 cm³/mol. The second kappa shape index (κ2) is 8.05. The molecule has 1 heterocycles. The van der Waals surface area contributed by atoms with E-state index in [2.05, 4.69) is 24.4 Å². The van der Waals surface area contributed by atoms with Crippen molar-refractivity contribution in [1.29, 1.82) is 0 Å². The van der Waals surface area contributed by atoms with E-state index >= 15 is 0 Å². The molecule has 1 aromatic rings. The second-order valence-corrected chi connectivity index (χ2v) is 7.80. The van der Waals surface area contributed by atoms with Gasteiger partial charge in [-0.25, -0.2) is 0 Å². The molecule has 2 rings (SSSR count). The lowest BCUT2D eigenvalue weighted by molar-refractivity contribution is -0.119. The van der Waals surface area contributed by atoms with Crippen LogP contribution in [0.2, 0.25) is 0 Å². The third kappa shape index (κ3) is 4.79. The van der Waals surface area contributed by atoms with Crippen LogP contribution in [-0.2, 0) is 9.53 Å². The van der Waals surface area contributed by atoms with Crippen molar-refractivity contribution in [3.05, 3.63) is 21.9 Å². The molecular weight excluding hydrogens is 290 g/mol. The lowest BCUT2D eigenvalue weighted by Gasteiger charge is -2.15. The maximum Gasteiger partial charge on any atom is 0.230 e. The third-order valence-electron chi connectivity index (χ3n) is 3.60. The Labute approximate surface area is 129 Å². The Morgan fingerprint density at radius 3 is 2.85 bits per heavy atom. The van der Waals surface area contributed by atoms with Gasteiger partial charge in [-0.3, -0.25) is 4.79 Å². The largest absolute Gasteiger partial charge is 0.374 e. The van der Waals surface area contributed by atoms with E-state index in [1.54, 1.807) is 30.2 Å². The van der Waals surface area contributed by atoms with E-state index in [1.807, 2.05) is 0 Å². The van der Waals surface area contributed by atoms with Crippen molar-refractivity contribution < 1.29 is 9.53 Å². The summed E-state index contributed by atoms with van der Waals surface area (Å²) in [5.41, 5.74) is 0. The van der Waals surface area contributed by atoms with Crippen molar-refractivity contribution in [2.75, 3.05) is 19.4 Å². The van der Waals surface area contributed by atoms with Crippen molar-refractivity contribution in [3.8, 4) is 0 Å². The highest BCUT2D eigenvalue weighted by molar-refractivity contribution is 8.00. The van der Waals surface area contributed by atoms with Crippen molar-refractivity contribution >= 4 is 29.0 Å². The van der Waals surface area contributed by atoms with E-state index < -0.39 is 0 Å². The van der Waals surface area contributed by atoms with Gasteiger partial charge in [-0.2, -0.15) is 0 Å². The fourth-order valence-corrected chi connectivity index (χ4v) is 4.54. The minimum atomic E-state index is -0.0332. The molecule has 1 aliphatic carbocycles. The molecule has 0 saturated heterocycles. The number of methoxy groups -OCH3 is 1. The zero-order valence-corrected chi connectivity index (χ0v) is 13.8. The van der Waals surface area contributed by atoms with E-state index in [1.165, 1.54) is 35.4 Å². The molecule has 112 valence electrons. The van der Waals surface area contributed by atoms with Crippen LogP contribution in [0, 0.1) is 6.92 Å². The van der Waals surface area contributed by atoms with E-state index in [0.29, 0.717) is 17.5 Å². The maximum atomic E-state index is 11.9. The minimum Gasteiger partial charge on any atom is -0.374 e. The molecule has 1 saturated carbocycles. The number of carbonyl (C=O) groups excluding carboxylic acids is 1. The summed E-state index contributed by atoms with van der Waals surface area (Å²) in [5, 5.41) is 3.68. The van der Waals surface area contributed by atoms with Crippen molar-refractivity contribution in [2.24, 2.45) is 0 Å². The summed E-state index contributed by atoms with van der Waals surface area (Å²) < 4.78 is 5.47. The number of hydrogen-bond acceptors (Lipinski definition) is 4. The van der Waals surface area contributed by atoms with Gasteiger partial charge in [0, 0.05) is 28.7 Å². The molecule has 5 heteroatoms. The van der Waals surface area contributed by atoms with Gasteiger partial charge in [0.15, 0.2) is 0 Å². The van der Waals surface area contributed by atoms with Gasteiger partial charge < -0.3 is 10.1 Å². The molecular formula is C15H23NO2S2. The van der Waals surface area contributed by atoms with Crippen LogP contribution in [-0.4, -0.2) is 30.6 Å². The van der Waals surface area contributed by atoms with E-state index in [-0.39, 0.29) is 12.0 Å². The van der Waals surface area contributed by atoms with Crippen LogP contribution < -0.4 is 5.32 Å². The molecule has 0 bridgehead atoms. The Kier molecular flexibility index (Phi) is 6.39. The summed E-state index contributed by atoms with van der Waals surface area (Å²) in [6.07, 6.45) is 5.15. The zero-order valence-electron chi connectivity index (χ0n) is 12.2. The number of aryl methyl sites for hydroxylation is 1. The number of nitrogens with one attached hydrogen (secondary N) is 1. The first kappa shape index (κ1) is 15.9. The minimum absolute atomic E-state index is 0.0332. The summed E-state index contributed by atoms with van der Waals surface area (Å²) in [5.74, 6) is 0.696. The van der Waals surface area contributed by atoms with Gasteiger partial charge in [0.2, 0.25) is 5.91 Å². The Bertz CT molecular complexity index is 427. The smallest absolute Gasteiger partial charge is 0.230 e. The molecule has 1 N–H and O–H groups in total. The molecule has 1 aliphatic rings. The molecule has 0 unspecified atom stereocenters. The summed E-state index contributed by atoms with van der Waals surface area (Å²) in [6.45, 7) is 2.64. The Morgan fingerprint density at radius 1 is 1.50 bits per heavy atom. The highest BCUT2D eigenvalue weighted by atomic mass is 32.2. The Hall–Kier alpha value is -0.520. The molecule has 0 radical (unpaired) electrons. The summed E-state index contributed by atoms with van der Waals surface area (Å²) >= 11 is 3.53. The lowest BCUT2D eigenvalue weighted by Crippen LogP contribution is -2.30. The van der Waals surface area contributed by atoms with Gasteiger partial charge >= 0.3 is 0 Å². The number of hydrogen-bond donors (Lipinski definition) is 1. The zero-order chi connectivity index (χ0) is 14.4. The van der Waals surface area contributed by atoms with Crippen molar-refractivity contribution in [3.63, 3.8) is 0 Å². The predicted octanol–water partition coefficient (Wildman–Crippen LogP) is 3.54. The fraction of sp³-hybridized carbons (Fsp3) is 0.667. The first-order valence-electron chi connectivity index (χ1n) is 7.16. The maximum absolute atomic E-state index is 11.9. The molecule has 1 amide bonds. The van der Waals surface area contributed by atoms with Crippen LogP contribution in [0.1, 0.15) is 41.5 Å². The molecule has 0 aliphatic heterocycles. The first-order chi connectivity index (χ1) is 9.69. The molecule has 1 aromatic heterocycles. The summed E-state index contributed by atoms with van der Waals surface area (Å²) in [7, 11) is 1.69. The quantitative estimate of drug-likeness (QED) is 0.837. The average molecular weight is 313 g/mol. The number of ether oxygens (including phenoxy) is 1. The van der Waals surface area contributed by atoms with Gasteiger partial charge in [0.1, 0.15) is 6.10 Å². The number of thiophene rings is 1. The first-order valence-corrected chi connectivity index (χ1v) is 9.03. The van der Waals surface area contributed by atoms with Crippen LogP contribution in [0.25, 0.3) is 0 Å². The Morgan fingerprint density at radius 2 is 2.25 bits per heavy atom. The molecule has 20 heavy (non-hydrogen) atoms. The van der Waals surface area contributed by atoms with Gasteiger partial charge in [-0.15, -0.1) is 23.1 Å². The van der Waals surface area contributed by atoms with Crippen LogP contribution in [0.15, 0.2) is 12.1 Å². The van der Waals surface area contributed by atoms with Gasteiger partial charge in [-0.05, 0) is 31.9 Å². The topological polar surface area (TPSA) is 38.3 Å². The van der Waals surface area contributed by atoms with Crippen LogP contribution in [0.4, 0.5) is 0 Å². The molecule has 0 aromatic carbocycles. The number of carbonyl (C=O) groups is 1. The molecule has 1 atom stereocenters. The number of amides is 1. The Balaban J connectivity index is 1.70. The van der Waals surface area contributed by atoms with Crippen LogP contribution in [0.3, 0.4) is 0 Å². The summed E-state index contributed by atoms with van der Waals surface area (Å²) in [6, 6.07) is 4.16. The summed E-state index contributed by atoms with van der Waals surface area (Å²) in [4.78, 5) is 14.3. The lowest BCUT2D eigenvalue weighted by atomic mass is 10.3. The molecule has 0 spiro atoms. The van der Waals surface area contributed by atoms with E-state index in [9.17, 15) is 4.79 Å². The fourth-order valence-electron chi connectivity index (χ4n) is 2.43. The highest BCUT2D eigenvalue weighted by Gasteiger charge is 2.18. The van der Waals surface area contributed by atoms with Crippen molar-refractivity contribution in [2.45, 2.75) is 44.0 Å². The third-order valence-corrected chi connectivity index (χ3v) is 6.06. The molecule has 3 nitrogen and oxygen atoms in total. The standard InChI is InChI=1S/C15H23NO2S2/c1-11-7-8-14(20-11)13(18-2)9-16-15(17)10-19-12-5-3-4-6-12/h7-8,12-13H,3-6,9-10H2,1-2H3,(H,16,17)/t13-/m0/s1. The van der Waals surface area contributed by atoms with Crippen LogP contribution in [0.5, 0.6) is 0 Å². The van der Waals surface area contributed by atoms with E-state index in [0.717, 1.165) is 0 Å². The number of thioether (sulfide) groups is 1. The average Bonchev–Trinajstić information content (AvgIpc) is 3.09. The van der Waals surface area contributed by atoms with Crippen LogP contribution >= 0.6 is 23.1 Å². The number of rotatable bonds is 7.